The van der Waals surface area contributed by atoms with Gasteiger partial charge in [-0.25, -0.2) is 4.79 Å². The topological polar surface area (TPSA) is 68.5 Å². The molecule has 0 aromatic carbocycles. The van der Waals surface area contributed by atoms with E-state index in [-0.39, 0.29) is 6.42 Å². The van der Waals surface area contributed by atoms with E-state index >= 15 is 0 Å². The first-order valence-corrected chi connectivity index (χ1v) is 5.81. The van der Waals surface area contributed by atoms with E-state index in [9.17, 15) is 9.59 Å². The lowest BCUT2D eigenvalue weighted by Gasteiger charge is -2.22. The van der Waals surface area contributed by atoms with Crippen LogP contribution in [0, 0.1) is 6.92 Å². The zero-order valence-electron chi connectivity index (χ0n) is 11.1. The maximum absolute atomic E-state index is 11.6. The van der Waals surface area contributed by atoms with Crippen molar-refractivity contribution >= 4 is 12.4 Å². The molecule has 0 aliphatic carbocycles. The molecule has 1 amide bonds. The van der Waals surface area contributed by atoms with E-state index < -0.39 is 17.7 Å². The molecule has 1 atom stereocenters. The molecule has 0 aliphatic heterocycles. The van der Waals surface area contributed by atoms with E-state index in [0.717, 1.165) is 12.0 Å². The van der Waals surface area contributed by atoms with Crippen LogP contribution >= 0.6 is 0 Å². The lowest BCUT2D eigenvalue weighted by Crippen LogP contribution is -2.35. The number of carbonyl (C=O) groups is 2. The van der Waals surface area contributed by atoms with Crippen molar-refractivity contribution in [2.24, 2.45) is 0 Å². The maximum atomic E-state index is 11.6. The number of alkyl carbamates (subject to hydrolysis) is 1. The molecule has 100 valence electrons. The summed E-state index contributed by atoms with van der Waals surface area (Å²) in [5.74, 6) is 1.28. The lowest BCUT2D eigenvalue weighted by atomic mass is 10.1. The van der Waals surface area contributed by atoms with Gasteiger partial charge in [0.05, 0.1) is 6.04 Å². The fourth-order valence-corrected chi connectivity index (χ4v) is 1.43. The van der Waals surface area contributed by atoms with E-state index in [2.05, 4.69) is 5.32 Å². The Morgan fingerprint density at radius 2 is 2.17 bits per heavy atom. The van der Waals surface area contributed by atoms with Crippen LogP contribution in [0.4, 0.5) is 4.79 Å². The van der Waals surface area contributed by atoms with Crippen molar-refractivity contribution in [1.29, 1.82) is 0 Å². The average molecular weight is 253 g/mol. The molecule has 0 spiro atoms. The Morgan fingerprint density at radius 1 is 1.50 bits per heavy atom. The van der Waals surface area contributed by atoms with Gasteiger partial charge < -0.3 is 19.3 Å². The minimum Gasteiger partial charge on any atom is -0.464 e. The molecule has 0 saturated carbocycles. The van der Waals surface area contributed by atoms with Crippen LogP contribution in [0.15, 0.2) is 16.5 Å². The van der Waals surface area contributed by atoms with Gasteiger partial charge >= 0.3 is 6.09 Å². The second-order valence-electron chi connectivity index (χ2n) is 5.05. The Labute approximate surface area is 106 Å². The van der Waals surface area contributed by atoms with Crippen molar-refractivity contribution in [2.75, 3.05) is 0 Å². The van der Waals surface area contributed by atoms with Gasteiger partial charge in [0.15, 0.2) is 0 Å². The summed E-state index contributed by atoms with van der Waals surface area (Å²) in [4.78, 5) is 22.3. The summed E-state index contributed by atoms with van der Waals surface area (Å²) in [6, 6.07) is 3.02. The number of rotatable bonds is 4. The monoisotopic (exact) mass is 253 g/mol. The molecule has 0 aliphatic rings. The highest BCUT2D eigenvalue weighted by Gasteiger charge is 2.22. The minimum atomic E-state index is -0.575. The Hall–Kier alpha value is -1.78. The molecule has 1 N–H and O–H groups in total. The van der Waals surface area contributed by atoms with Gasteiger partial charge in [-0.05, 0) is 39.8 Å². The molecule has 0 radical (unpaired) electrons. The summed E-state index contributed by atoms with van der Waals surface area (Å²) >= 11 is 0. The highest BCUT2D eigenvalue weighted by molar-refractivity contribution is 5.69. The molecule has 1 rings (SSSR count). The maximum Gasteiger partial charge on any atom is 0.408 e. The summed E-state index contributed by atoms with van der Waals surface area (Å²) < 4.78 is 10.5. The number of amides is 1. The van der Waals surface area contributed by atoms with Crippen LogP contribution in [0.3, 0.4) is 0 Å². The van der Waals surface area contributed by atoms with Gasteiger partial charge in [0.2, 0.25) is 0 Å². The summed E-state index contributed by atoms with van der Waals surface area (Å²) in [5, 5.41) is 2.62. The molecule has 5 nitrogen and oxygen atoms in total. The SMILES string of the molecule is Cc1ccc([C@@H](CC=O)NC(=O)OC(C)(C)C)o1. The molecule has 5 heteroatoms. The fraction of sp³-hybridized carbons (Fsp3) is 0.538. The molecule has 18 heavy (non-hydrogen) atoms. The van der Waals surface area contributed by atoms with Gasteiger partial charge in [0.1, 0.15) is 23.4 Å². The standard InChI is InChI=1S/C13H19NO4/c1-9-5-6-11(17-9)10(7-8-15)14-12(16)18-13(2,3)4/h5-6,8,10H,7H2,1-4H3,(H,14,16)/t10-/m1/s1. The number of aryl methyl sites for hydroxylation is 1. The molecule has 1 aromatic rings. The predicted molar refractivity (Wildman–Crippen MR) is 66.2 cm³/mol. The third kappa shape index (κ3) is 4.61. The van der Waals surface area contributed by atoms with Crippen LogP contribution in [0.5, 0.6) is 0 Å². The first-order chi connectivity index (χ1) is 8.31. The minimum absolute atomic E-state index is 0.145. The lowest BCUT2D eigenvalue weighted by molar-refractivity contribution is -0.108. The van der Waals surface area contributed by atoms with E-state index in [1.165, 1.54) is 0 Å². The van der Waals surface area contributed by atoms with Crippen molar-refractivity contribution in [3.05, 3.63) is 23.7 Å². The van der Waals surface area contributed by atoms with Crippen LogP contribution < -0.4 is 5.32 Å². The highest BCUT2D eigenvalue weighted by atomic mass is 16.6. The first-order valence-electron chi connectivity index (χ1n) is 5.81. The first kappa shape index (κ1) is 14.3. The normalized spacial score (nSPS) is 12.9. The Bertz CT molecular complexity index is 417. The highest BCUT2D eigenvalue weighted by Crippen LogP contribution is 2.19. The molecular formula is C13H19NO4. The smallest absolute Gasteiger partial charge is 0.408 e. The molecule has 0 fully saturated rings. The zero-order chi connectivity index (χ0) is 13.8. The average Bonchev–Trinajstić information content (AvgIpc) is 2.61. The molecule has 1 heterocycles. The molecule has 0 bridgehead atoms. The Morgan fingerprint density at radius 3 is 2.61 bits per heavy atom. The van der Waals surface area contributed by atoms with Gasteiger partial charge in [-0.1, -0.05) is 0 Å². The predicted octanol–water partition coefficient (Wildman–Crippen LogP) is 2.74. The van der Waals surface area contributed by atoms with Crippen molar-refractivity contribution in [1.82, 2.24) is 5.32 Å². The number of ether oxygens (including phenoxy) is 1. The largest absolute Gasteiger partial charge is 0.464 e. The number of hydrogen-bond donors (Lipinski definition) is 1. The number of nitrogens with one attached hydrogen (secondary N) is 1. The molecular weight excluding hydrogens is 234 g/mol. The van der Waals surface area contributed by atoms with Crippen LogP contribution in [-0.2, 0) is 9.53 Å². The number of furan rings is 1. The molecule has 0 unspecified atom stereocenters. The van der Waals surface area contributed by atoms with Gasteiger partial charge in [0, 0.05) is 6.42 Å². The number of carbonyl (C=O) groups excluding carboxylic acids is 2. The van der Waals surface area contributed by atoms with E-state index in [4.69, 9.17) is 9.15 Å². The third-order valence-electron chi connectivity index (χ3n) is 2.13. The summed E-state index contributed by atoms with van der Waals surface area (Å²) in [5.41, 5.74) is -0.575. The van der Waals surface area contributed by atoms with Crippen LogP contribution in [0.2, 0.25) is 0 Å². The molecule has 0 saturated heterocycles. The van der Waals surface area contributed by atoms with Crippen molar-refractivity contribution in [3.8, 4) is 0 Å². The molecule has 1 aromatic heterocycles. The Kier molecular flexibility index (Phi) is 4.53. The van der Waals surface area contributed by atoms with Crippen LogP contribution in [0.25, 0.3) is 0 Å². The van der Waals surface area contributed by atoms with Gasteiger partial charge in [-0.3, -0.25) is 0 Å². The van der Waals surface area contributed by atoms with E-state index in [1.54, 1.807) is 39.8 Å². The van der Waals surface area contributed by atoms with E-state index in [0.29, 0.717) is 5.76 Å². The van der Waals surface area contributed by atoms with Gasteiger partial charge in [0.25, 0.3) is 0 Å². The quantitative estimate of drug-likeness (QED) is 0.838. The second-order valence-corrected chi connectivity index (χ2v) is 5.05. The zero-order valence-corrected chi connectivity index (χ0v) is 11.1. The fourth-order valence-electron chi connectivity index (χ4n) is 1.43. The summed E-state index contributed by atoms with van der Waals surface area (Å²) in [6.45, 7) is 7.13. The number of hydrogen-bond acceptors (Lipinski definition) is 4. The summed E-state index contributed by atoms with van der Waals surface area (Å²) in [7, 11) is 0. The summed E-state index contributed by atoms with van der Waals surface area (Å²) in [6.07, 6.45) is 0.315. The van der Waals surface area contributed by atoms with E-state index in [1.807, 2.05) is 0 Å². The van der Waals surface area contributed by atoms with Crippen LogP contribution in [-0.4, -0.2) is 18.0 Å². The van der Waals surface area contributed by atoms with Gasteiger partial charge in [-0.15, -0.1) is 0 Å². The van der Waals surface area contributed by atoms with Crippen molar-refractivity contribution < 1.29 is 18.7 Å². The number of aldehydes is 1. The second kappa shape index (κ2) is 5.71. The Balaban J connectivity index is 2.69. The van der Waals surface area contributed by atoms with Crippen molar-refractivity contribution in [3.63, 3.8) is 0 Å². The van der Waals surface area contributed by atoms with Crippen LogP contribution in [0.1, 0.15) is 44.8 Å². The van der Waals surface area contributed by atoms with Crippen molar-refractivity contribution in [2.45, 2.75) is 45.8 Å². The van der Waals surface area contributed by atoms with Gasteiger partial charge in [-0.2, -0.15) is 0 Å². The third-order valence-corrected chi connectivity index (χ3v) is 2.13.